The Morgan fingerprint density at radius 1 is 1.10 bits per heavy atom. The molecule has 0 spiro atoms. The first kappa shape index (κ1) is 20.5. The van der Waals surface area contributed by atoms with E-state index in [1.54, 1.807) is 36.0 Å². The summed E-state index contributed by atoms with van der Waals surface area (Å²) in [7, 11) is -3.49. The maximum atomic E-state index is 12.3. The first-order chi connectivity index (χ1) is 14.0. The predicted octanol–water partition coefficient (Wildman–Crippen LogP) is 2.88. The molecule has 29 heavy (non-hydrogen) atoms. The number of aromatic nitrogens is 2. The first-order valence-corrected chi connectivity index (χ1v) is 10.6. The number of para-hydroxylation sites is 1. The summed E-state index contributed by atoms with van der Waals surface area (Å²) in [5.74, 6) is -0.276. The van der Waals surface area contributed by atoms with Gasteiger partial charge >= 0.3 is 0 Å². The average molecular weight is 410 g/mol. The van der Waals surface area contributed by atoms with E-state index in [1.165, 1.54) is 18.2 Å². The van der Waals surface area contributed by atoms with E-state index in [1.807, 2.05) is 36.5 Å². The smallest absolute Gasteiger partial charge is 0.248 e. The molecule has 0 fully saturated rings. The van der Waals surface area contributed by atoms with E-state index < -0.39 is 10.0 Å². The Kier molecular flexibility index (Phi) is 6.58. The molecule has 1 amide bonds. The highest BCUT2D eigenvalue weighted by molar-refractivity contribution is 7.89. The van der Waals surface area contributed by atoms with Gasteiger partial charge in [0.25, 0.3) is 0 Å². The van der Waals surface area contributed by atoms with Crippen molar-refractivity contribution in [2.24, 2.45) is 0 Å². The van der Waals surface area contributed by atoms with Crippen molar-refractivity contribution in [3.63, 3.8) is 0 Å². The fraction of sp³-hybridized carbons (Fsp3) is 0.143. The lowest BCUT2D eigenvalue weighted by molar-refractivity contribution is -0.111. The number of anilines is 1. The second-order valence-electron chi connectivity index (χ2n) is 6.25. The Balaban J connectivity index is 1.66. The number of carbonyl (C=O) groups is 1. The lowest BCUT2D eigenvalue weighted by atomic mass is 10.1. The summed E-state index contributed by atoms with van der Waals surface area (Å²) in [5.41, 5.74) is 2.38. The number of nitrogens with one attached hydrogen (secondary N) is 2. The molecule has 1 heterocycles. The van der Waals surface area contributed by atoms with Gasteiger partial charge in [-0.05, 0) is 41.5 Å². The van der Waals surface area contributed by atoms with Crippen LogP contribution in [0.4, 0.5) is 5.69 Å². The molecular weight excluding hydrogens is 388 g/mol. The van der Waals surface area contributed by atoms with Crippen molar-refractivity contribution in [2.75, 3.05) is 11.9 Å². The Morgan fingerprint density at radius 2 is 1.86 bits per heavy atom. The number of sulfonamides is 1. The van der Waals surface area contributed by atoms with Crippen LogP contribution in [0.5, 0.6) is 0 Å². The normalized spacial score (nSPS) is 11.6. The van der Waals surface area contributed by atoms with E-state index in [0.717, 1.165) is 11.1 Å². The zero-order valence-electron chi connectivity index (χ0n) is 15.9. The highest BCUT2D eigenvalue weighted by atomic mass is 32.2. The van der Waals surface area contributed by atoms with E-state index in [2.05, 4.69) is 15.1 Å². The zero-order chi connectivity index (χ0) is 20.7. The van der Waals surface area contributed by atoms with Gasteiger partial charge in [0.2, 0.25) is 15.9 Å². The largest absolute Gasteiger partial charge is 0.322 e. The van der Waals surface area contributed by atoms with Crippen LogP contribution < -0.4 is 10.0 Å². The molecule has 0 unspecified atom stereocenters. The average Bonchev–Trinajstić information content (AvgIpc) is 3.21. The summed E-state index contributed by atoms with van der Waals surface area (Å²) in [6.45, 7) is 2.60. The van der Waals surface area contributed by atoms with Crippen LogP contribution in [0.3, 0.4) is 0 Å². The molecule has 3 rings (SSSR count). The van der Waals surface area contributed by atoms with Crippen LogP contribution >= 0.6 is 0 Å². The van der Waals surface area contributed by atoms with Crippen LogP contribution in [0.15, 0.2) is 78.0 Å². The van der Waals surface area contributed by atoms with Gasteiger partial charge in [-0.3, -0.25) is 9.48 Å². The van der Waals surface area contributed by atoms with Gasteiger partial charge in [0, 0.05) is 30.7 Å². The van der Waals surface area contributed by atoms with E-state index in [-0.39, 0.29) is 10.8 Å². The fourth-order valence-electron chi connectivity index (χ4n) is 2.73. The quantitative estimate of drug-likeness (QED) is 0.559. The molecule has 3 aromatic rings. The van der Waals surface area contributed by atoms with Gasteiger partial charge in [0.15, 0.2) is 0 Å². The van der Waals surface area contributed by atoms with Crippen molar-refractivity contribution >= 4 is 27.7 Å². The van der Waals surface area contributed by atoms with E-state index >= 15 is 0 Å². The summed E-state index contributed by atoms with van der Waals surface area (Å²) in [5, 5.41) is 7.06. The summed E-state index contributed by atoms with van der Waals surface area (Å²) in [6.07, 6.45) is 6.62. The van der Waals surface area contributed by atoms with Gasteiger partial charge in [-0.2, -0.15) is 5.10 Å². The fourth-order valence-corrected chi connectivity index (χ4v) is 3.77. The van der Waals surface area contributed by atoms with E-state index in [0.29, 0.717) is 18.8 Å². The second kappa shape index (κ2) is 9.31. The van der Waals surface area contributed by atoms with Gasteiger partial charge in [0.1, 0.15) is 0 Å². The summed E-state index contributed by atoms with van der Waals surface area (Å²) in [4.78, 5) is 12.5. The van der Waals surface area contributed by atoms with Crippen molar-refractivity contribution in [3.8, 4) is 0 Å². The van der Waals surface area contributed by atoms with Crippen molar-refractivity contribution in [2.45, 2.75) is 18.4 Å². The minimum atomic E-state index is -3.49. The molecule has 2 N–H and O–H groups in total. The van der Waals surface area contributed by atoms with Crippen LogP contribution in [0.2, 0.25) is 0 Å². The van der Waals surface area contributed by atoms with Crippen LogP contribution in [0.25, 0.3) is 6.08 Å². The van der Waals surface area contributed by atoms with Gasteiger partial charge in [0.05, 0.1) is 11.4 Å². The Morgan fingerprint density at radius 3 is 2.55 bits per heavy atom. The maximum absolute atomic E-state index is 12.3. The molecule has 0 aliphatic carbocycles. The van der Waals surface area contributed by atoms with Crippen molar-refractivity contribution < 1.29 is 13.2 Å². The number of hydrogen-bond donors (Lipinski definition) is 2. The molecule has 7 nitrogen and oxygen atoms in total. The number of amides is 1. The zero-order valence-corrected chi connectivity index (χ0v) is 16.8. The summed E-state index contributed by atoms with van der Waals surface area (Å²) >= 11 is 0. The predicted molar refractivity (Wildman–Crippen MR) is 113 cm³/mol. The minimum Gasteiger partial charge on any atom is -0.322 e. The third-order valence-corrected chi connectivity index (χ3v) is 5.68. The molecule has 0 radical (unpaired) electrons. The SMILES string of the molecule is CCNS(=O)(=O)c1ccc(C=CC(=O)Nc2ccccc2Cn2cccn2)cc1. The van der Waals surface area contributed by atoms with Crippen molar-refractivity contribution in [1.82, 2.24) is 14.5 Å². The number of hydrogen-bond acceptors (Lipinski definition) is 4. The molecule has 1 aromatic heterocycles. The lowest BCUT2D eigenvalue weighted by Crippen LogP contribution is -2.22. The van der Waals surface area contributed by atoms with E-state index in [4.69, 9.17) is 0 Å². The van der Waals surface area contributed by atoms with Gasteiger partial charge in [-0.25, -0.2) is 13.1 Å². The number of benzene rings is 2. The highest BCUT2D eigenvalue weighted by Crippen LogP contribution is 2.17. The number of carbonyl (C=O) groups excluding carboxylic acids is 1. The van der Waals surface area contributed by atoms with Crippen LogP contribution in [0, 0.1) is 0 Å². The van der Waals surface area contributed by atoms with Gasteiger partial charge in [-0.1, -0.05) is 37.3 Å². The van der Waals surface area contributed by atoms with E-state index in [9.17, 15) is 13.2 Å². The van der Waals surface area contributed by atoms with Gasteiger partial charge in [-0.15, -0.1) is 0 Å². The van der Waals surface area contributed by atoms with Crippen LogP contribution in [0.1, 0.15) is 18.1 Å². The molecule has 0 saturated carbocycles. The Labute approximate surface area is 170 Å². The number of nitrogens with zero attached hydrogens (tertiary/aromatic N) is 2. The lowest BCUT2D eigenvalue weighted by Gasteiger charge is -2.10. The summed E-state index contributed by atoms with van der Waals surface area (Å²) < 4.78 is 28.1. The molecular formula is C21H22N4O3S. The van der Waals surface area contributed by atoms with Crippen molar-refractivity contribution in [3.05, 3.63) is 84.2 Å². The molecule has 8 heteroatoms. The van der Waals surface area contributed by atoms with Gasteiger partial charge < -0.3 is 5.32 Å². The molecule has 2 aromatic carbocycles. The first-order valence-electron chi connectivity index (χ1n) is 9.12. The monoisotopic (exact) mass is 410 g/mol. The van der Waals surface area contributed by atoms with Crippen LogP contribution in [-0.2, 0) is 21.4 Å². The molecule has 150 valence electrons. The molecule has 0 aliphatic heterocycles. The maximum Gasteiger partial charge on any atom is 0.248 e. The summed E-state index contributed by atoms with van der Waals surface area (Å²) in [6, 6.07) is 15.7. The van der Waals surface area contributed by atoms with Crippen molar-refractivity contribution in [1.29, 1.82) is 0 Å². The van der Waals surface area contributed by atoms with Crippen LogP contribution in [-0.4, -0.2) is 30.7 Å². The number of rotatable bonds is 8. The standard InChI is InChI=1S/C21H22N4O3S/c1-2-23-29(27,28)19-11-8-17(9-12-19)10-13-21(26)24-20-7-4-3-6-18(20)16-25-15-5-14-22-25/h3-15,23H,2,16H2,1H3,(H,24,26). The Hall–Kier alpha value is -3.23. The molecule has 0 saturated heterocycles. The second-order valence-corrected chi connectivity index (χ2v) is 8.02. The highest BCUT2D eigenvalue weighted by Gasteiger charge is 2.11. The molecule has 0 atom stereocenters. The Bertz CT molecular complexity index is 1090. The third kappa shape index (κ3) is 5.63. The molecule has 0 aliphatic rings. The third-order valence-electron chi connectivity index (χ3n) is 4.12. The molecule has 0 bridgehead atoms. The minimum absolute atomic E-state index is 0.188. The topological polar surface area (TPSA) is 93.1 Å².